The molecule has 9 aliphatic rings. The minimum absolute atomic E-state index is 0.849. The highest BCUT2D eigenvalue weighted by Gasteiger charge is 2.64. The summed E-state index contributed by atoms with van der Waals surface area (Å²) in [6.07, 6.45) is 27.4. The molecule has 5 aliphatic carbocycles. The van der Waals surface area contributed by atoms with Gasteiger partial charge in [-0.2, -0.15) is 0 Å². The maximum atomic E-state index is 4.01. The highest BCUT2D eigenvalue weighted by molar-refractivity contribution is 5.17. The Morgan fingerprint density at radius 1 is 0.325 bits per heavy atom. The summed E-state index contributed by atoms with van der Waals surface area (Å²) in [5.41, 5.74) is 0. The molecule has 0 aromatic heterocycles. The average Bonchev–Trinajstić information content (AvgIpc) is 3.53. The Kier molecular flexibility index (Phi) is 7.07. The molecule has 4 heterocycles. The topological polar surface area (TPSA) is 30.5 Å². The van der Waals surface area contributed by atoms with Gasteiger partial charge in [-0.05, 0) is 125 Å². The van der Waals surface area contributed by atoms with Crippen molar-refractivity contribution in [2.45, 2.75) is 152 Å². The molecule has 0 amide bonds. The van der Waals surface area contributed by atoms with Crippen molar-refractivity contribution in [3.05, 3.63) is 0 Å². The summed E-state index contributed by atoms with van der Waals surface area (Å²) in [7, 11) is 0. The molecule has 5 saturated carbocycles. The van der Waals surface area contributed by atoms with Crippen LogP contribution in [0.5, 0.6) is 0 Å². The van der Waals surface area contributed by atoms with Crippen LogP contribution in [0, 0.1) is 47.3 Å². The SMILES string of the molecule is C1CCC2C(C1)CNCC2N1C2CCCCC2C2C3C4CCCCC4N(C4CNCC5CCCCC54)C3CCC21. The fourth-order valence-corrected chi connectivity index (χ4v) is 14.3. The van der Waals surface area contributed by atoms with Gasteiger partial charge < -0.3 is 10.6 Å². The number of hydrogen-bond acceptors (Lipinski definition) is 4. The Bertz CT molecular complexity index is 831. The Morgan fingerprint density at radius 2 is 0.725 bits per heavy atom. The van der Waals surface area contributed by atoms with E-state index in [1.165, 1.54) is 129 Å². The zero-order valence-corrected chi connectivity index (χ0v) is 25.5. The number of nitrogens with zero attached hydrogens (tertiary/aromatic N) is 2. The van der Waals surface area contributed by atoms with E-state index in [0.29, 0.717) is 0 Å². The Morgan fingerprint density at radius 3 is 1.20 bits per heavy atom. The zero-order valence-electron chi connectivity index (χ0n) is 25.5. The van der Waals surface area contributed by atoms with Crippen LogP contribution in [-0.4, -0.2) is 72.2 Å². The first kappa shape index (κ1) is 26.3. The fraction of sp³-hybridized carbons (Fsp3) is 1.00. The third-order valence-electron chi connectivity index (χ3n) is 15.4. The smallest absolute Gasteiger partial charge is 0.0258 e. The molecule has 4 aliphatic heterocycles. The number of likely N-dealkylation sites (tertiary alicyclic amines) is 2. The molecule has 0 spiro atoms. The monoisotopic (exact) mass is 548 g/mol. The van der Waals surface area contributed by atoms with Crippen LogP contribution >= 0.6 is 0 Å². The lowest BCUT2D eigenvalue weighted by Crippen LogP contribution is -2.61. The zero-order chi connectivity index (χ0) is 26.2. The van der Waals surface area contributed by atoms with Gasteiger partial charge in [-0.3, -0.25) is 9.80 Å². The molecule has 4 saturated heterocycles. The van der Waals surface area contributed by atoms with Crippen molar-refractivity contribution in [2.75, 3.05) is 26.2 Å². The molecule has 14 unspecified atom stereocenters. The largest absolute Gasteiger partial charge is 0.315 e. The lowest BCUT2D eigenvalue weighted by Gasteiger charge is -2.52. The molecule has 0 aromatic carbocycles. The third kappa shape index (κ3) is 4.03. The van der Waals surface area contributed by atoms with Gasteiger partial charge in [-0.15, -0.1) is 0 Å². The minimum Gasteiger partial charge on any atom is -0.315 e. The maximum Gasteiger partial charge on any atom is 0.0258 e. The number of nitrogens with one attached hydrogen (secondary N) is 2. The van der Waals surface area contributed by atoms with Gasteiger partial charge in [0.15, 0.2) is 0 Å². The predicted molar refractivity (Wildman–Crippen MR) is 163 cm³/mol. The molecule has 0 aromatic rings. The van der Waals surface area contributed by atoms with Gasteiger partial charge in [0.1, 0.15) is 0 Å². The summed E-state index contributed by atoms with van der Waals surface area (Å²) in [4.78, 5) is 6.67. The van der Waals surface area contributed by atoms with E-state index in [1.807, 2.05) is 0 Å². The van der Waals surface area contributed by atoms with Crippen molar-refractivity contribution in [3.8, 4) is 0 Å². The molecular weight excluding hydrogens is 488 g/mol. The minimum atomic E-state index is 0.849. The van der Waals surface area contributed by atoms with Crippen LogP contribution in [0.2, 0.25) is 0 Å². The first-order valence-electron chi connectivity index (χ1n) is 18.8. The van der Waals surface area contributed by atoms with Crippen molar-refractivity contribution in [2.24, 2.45) is 47.3 Å². The molecule has 14 atom stereocenters. The molecular formula is C36H60N4. The normalized spacial score (nSPS) is 54.9. The van der Waals surface area contributed by atoms with E-state index in [9.17, 15) is 0 Å². The number of piperidine rings is 2. The van der Waals surface area contributed by atoms with Gasteiger partial charge >= 0.3 is 0 Å². The van der Waals surface area contributed by atoms with Crippen LogP contribution in [0.3, 0.4) is 0 Å². The Balaban J connectivity index is 1.06. The highest BCUT2D eigenvalue weighted by Crippen LogP contribution is 2.61. The second-order valence-electron chi connectivity index (χ2n) is 16.7. The summed E-state index contributed by atoms with van der Waals surface area (Å²) in [6.45, 7) is 5.24. The molecule has 40 heavy (non-hydrogen) atoms. The lowest BCUT2D eigenvalue weighted by atomic mass is 9.61. The Hall–Kier alpha value is -0.160. The van der Waals surface area contributed by atoms with E-state index in [4.69, 9.17) is 0 Å². The van der Waals surface area contributed by atoms with E-state index in [1.54, 1.807) is 12.8 Å². The lowest BCUT2D eigenvalue weighted by molar-refractivity contribution is -0.0227. The Labute approximate surface area is 245 Å². The summed E-state index contributed by atoms with van der Waals surface area (Å²) in [5.74, 6) is 7.99. The summed E-state index contributed by atoms with van der Waals surface area (Å²) < 4.78 is 0. The third-order valence-corrected chi connectivity index (χ3v) is 15.4. The second kappa shape index (κ2) is 10.8. The van der Waals surface area contributed by atoms with Crippen LogP contribution in [0.15, 0.2) is 0 Å². The summed E-state index contributed by atoms with van der Waals surface area (Å²) >= 11 is 0. The van der Waals surface area contributed by atoms with E-state index in [-0.39, 0.29) is 0 Å². The van der Waals surface area contributed by atoms with E-state index in [2.05, 4.69) is 20.4 Å². The van der Waals surface area contributed by atoms with Crippen LogP contribution in [0.4, 0.5) is 0 Å². The summed E-state index contributed by atoms with van der Waals surface area (Å²) in [5, 5.41) is 8.03. The molecule has 2 N–H and O–H groups in total. The van der Waals surface area contributed by atoms with Crippen molar-refractivity contribution in [1.82, 2.24) is 20.4 Å². The van der Waals surface area contributed by atoms with Gasteiger partial charge in [-0.25, -0.2) is 0 Å². The molecule has 9 fully saturated rings. The average molecular weight is 549 g/mol. The maximum absolute atomic E-state index is 4.01. The van der Waals surface area contributed by atoms with E-state index >= 15 is 0 Å². The van der Waals surface area contributed by atoms with Gasteiger partial charge in [-0.1, -0.05) is 51.4 Å². The van der Waals surface area contributed by atoms with Gasteiger partial charge in [0.25, 0.3) is 0 Å². The van der Waals surface area contributed by atoms with Gasteiger partial charge in [0.2, 0.25) is 0 Å². The molecule has 4 heteroatoms. The molecule has 224 valence electrons. The molecule has 0 bridgehead atoms. The quantitative estimate of drug-likeness (QED) is 0.440. The van der Waals surface area contributed by atoms with Crippen molar-refractivity contribution < 1.29 is 0 Å². The first-order valence-corrected chi connectivity index (χ1v) is 18.8. The number of rotatable bonds is 2. The van der Waals surface area contributed by atoms with Crippen molar-refractivity contribution in [3.63, 3.8) is 0 Å². The van der Waals surface area contributed by atoms with Crippen LogP contribution in [0.1, 0.15) is 116 Å². The fourth-order valence-electron chi connectivity index (χ4n) is 14.3. The van der Waals surface area contributed by atoms with Crippen LogP contribution in [-0.2, 0) is 0 Å². The molecule has 4 nitrogen and oxygen atoms in total. The van der Waals surface area contributed by atoms with Crippen LogP contribution in [0.25, 0.3) is 0 Å². The highest BCUT2D eigenvalue weighted by atomic mass is 15.3. The van der Waals surface area contributed by atoms with Crippen LogP contribution < -0.4 is 10.6 Å². The van der Waals surface area contributed by atoms with Gasteiger partial charge in [0.05, 0.1) is 0 Å². The van der Waals surface area contributed by atoms with E-state index < -0.39 is 0 Å². The number of fused-ring (bicyclic) bond motifs is 9. The van der Waals surface area contributed by atoms with E-state index in [0.717, 1.165) is 83.6 Å². The molecule has 9 rings (SSSR count). The number of hydrogen-bond donors (Lipinski definition) is 2. The van der Waals surface area contributed by atoms with Gasteiger partial charge in [0, 0.05) is 49.3 Å². The first-order chi connectivity index (χ1) is 19.9. The van der Waals surface area contributed by atoms with Crippen molar-refractivity contribution in [1.29, 1.82) is 0 Å². The molecule has 0 radical (unpaired) electrons. The summed E-state index contributed by atoms with van der Waals surface area (Å²) in [6, 6.07) is 5.37. The second-order valence-corrected chi connectivity index (χ2v) is 16.7. The predicted octanol–water partition coefficient (Wildman–Crippen LogP) is 6.06. The standard InChI is InChI=1S/C36H60N4/c1-3-11-25-23(9-1)19-37-21-33(25)39-29-15-7-5-13-27(29)35-31(39)17-18-32-36(35)28-14-6-8-16-30(28)40(32)34-22-38-20-24-10-2-4-12-26(24)34/h23-38H,1-22H2. The van der Waals surface area contributed by atoms with Crippen molar-refractivity contribution >= 4 is 0 Å².